The van der Waals surface area contributed by atoms with Gasteiger partial charge < -0.3 is 19.5 Å². The van der Waals surface area contributed by atoms with Crippen LogP contribution in [0.3, 0.4) is 0 Å². The van der Waals surface area contributed by atoms with Crippen molar-refractivity contribution in [1.29, 1.82) is 0 Å². The number of anilines is 1. The summed E-state index contributed by atoms with van der Waals surface area (Å²) in [5.41, 5.74) is 1.53. The fourth-order valence-corrected chi connectivity index (χ4v) is 3.92. The second-order valence-electron chi connectivity index (χ2n) is 8.94. The molecule has 0 bridgehead atoms. The molecule has 1 aliphatic rings. The van der Waals surface area contributed by atoms with E-state index in [9.17, 15) is 19.5 Å². The first-order valence-corrected chi connectivity index (χ1v) is 10.8. The van der Waals surface area contributed by atoms with Crippen LogP contribution < -0.4 is 4.90 Å². The highest BCUT2D eigenvalue weighted by atomic mass is 16.6. The lowest BCUT2D eigenvalue weighted by Crippen LogP contribution is -2.55. The highest BCUT2D eigenvalue weighted by Crippen LogP contribution is 2.34. The first-order chi connectivity index (χ1) is 15.6. The number of carbonyl (C=O) groups excluding carboxylic acids is 2. The minimum absolute atomic E-state index is 0.256. The molecule has 0 aliphatic carbocycles. The zero-order valence-corrected chi connectivity index (χ0v) is 19.4. The molecule has 1 unspecified atom stereocenters. The average molecular weight is 455 g/mol. The maximum atomic E-state index is 13.8. The summed E-state index contributed by atoms with van der Waals surface area (Å²) in [5.74, 6) is -1.68. The lowest BCUT2D eigenvalue weighted by molar-refractivity contribution is -0.155. The van der Waals surface area contributed by atoms with Crippen molar-refractivity contribution in [3.63, 3.8) is 0 Å². The number of hydrogen-bond donors (Lipinski definition) is 1. The van der Waals surface area contributed by atoms with Crippen LogP contribution in [0.2, 0.25) is 0 Å². The van der Waals surface area contributed by atoms with Crippen molar-refractivity contribution in [2.75, 3.05) is 18.6 Å². The van der Waals surface area contributed by atoms with Gasteiger partial charge in [-0.1, -0.05) is 48.5 Å². The van der Waals surface area contributed by atoms with E-state index in [0.717, 1.165) is 11.1 Å². The topological polar surface area (TPSA) is 96.4 Å². The van der Waals surface area contributed by atoms with Gasteiger partial charge in [-0.2, -0.15) is 0 Å². The molecule has 33 heavy (non-hydrogen) atoms. The Morgan fingerprint density at radius 2 is 1.73 bits per heavy atom. The first kappa shape index (κ1) is 24.3. The third-order valence-corrected chi connectivity index (χ3v) is 5.31. The van der Waals surface area contributed by atoms with E-state index in [4.69, 9.17) is 9.47 Å². The number of para-hydroxylation sites is 1. The van der Waals surface area contributed by atoms with E-state index in [-0.39, 0.29) is 6.42 Å². The number of carboxylic acid groups (broad SMARTS) is 1. The van der Waals surface area contributed by atoms with E-state index in [1.54, 1.807) is 32.9 Å². The predicted octanol–water partition coefficient (Wildman–Crippen LogP) is 3.48. The Morgan fingerprint density at radius 1 is 1.09 bits per heavy atom. The number of carboxylic acids is 1. The van der Waals surface area contributed by atoms with Gasteiger partial charge in [0.1, 0.15) is 24.4 Å². The van der Waals surface area contributed by atoms with Crippen LogP contribution in [-0.4, -0.2) is 59.5 Å². The molecular formula is C25H30N2O6. The van der Waals surface area contributed by atoms with Crippen LogP contribution in [0.1, 0.15) is 31.9 Å². The van der Waals surface area contributed by atoms with E-state index in [0.29, 0.717) is 12.1 Å². The van der Waals surface area contributed by atoms with Crippen molar-refractivity contribution < 1.29 is 29.0 Å². The molecule has 1 N–H and O–H groups in total. The molecule has 0 fully saturated rings. The summed E-state index contributed by atoms with van der Waals surface area (Å²) in [4.78, 5) is 41.0. The smallest absolute Gasteiger partial charge is 0.415 e. The Kier molecular flexibility index (Phi) is 7.38. The van der Waals surface area contributed by atoms with Crippen molar-refractivity contribution in [1.82, 2.24) is 4.90 Å². The van der Waals surface area contributed by atoms with Gasteiger partial charge in [0.15, 0.2) is 0 Å². The molecule has 0 saturated carbocycles. The van der Waals surface area contributed by atoms with Crippen LogP contribution in [0.5, 0.6) is 0 Å². The van der Waals surface area contributed by atoms with Crippen LogP contribution in [-0.2, 0) is 31.9 Å². The minimum Gasteiger partial charge on any atom is -0.480 e. The molecule has 2 atom stereocenters. The molecule has 0 radical (unpaired) electrons. The second-order valence-corrected chi connectivity index (χ2v) is 8.94. The van der Waals surface area contributed by atoms with Gasteiger partial charge in [-0.05, 0) is 38.0 Å². The number of nitrogens with zero attached hydrogens (tertiary/aromatic N) is 2. The summed E-state index contributed by atoms with van der Waals surface area (Å²) in [7, 11) is 1.44. The summed E-state index contributed by atoms with van der Waals surface area (Å²) >= 11 is 0. The second kappa shape index (κ2) is 10.0. The molecule has 8 nitrogen and oxygen atoms in total. The number of amides is 2. The minimum atomic E-state index is -1.17. The zero-order valence-electron chi connectivity index (χ0n) is 19.4. The largest absolute Gasteiger partial charge is 0.480 e. The van der Waals surface area contributed by atoms with Gasteiger partial charge in [0, 0.05) is 20.0 Å². The summed E-state index contributed by atoms with van der Waals surface area (Å²) in [5, 5.41) is 9.53. The number of fused-ring (bicyclic) bond motifs is 1. The number of ether oxygens (including phenoxy) is 2. The zero-order chi connectivity index (χ0) is 24.2. The third kappa shape index (κ3) is 5.90. The van der Waals surface area contributed by atoms with Crippen LogP contribution >= 0.6 is 0 Å². The highest BCUT2D eigenvalue weighted by molar-refractivity contribution is 6.01. The highest BCUT2D eigenvalue weighted by Gasteiger charge is 2.43. The van der Waals surface area contributed by atoms with Gasteiger partial charge in [-0.25, -0.2) is 4.79 Å². The monoisotopic (exact) mass is 454 g/mol. The molecule has 8 heteroatoms. The van der Waals surface area contributed by atoms with Crippen molar-refractivity contribution >= 4 is 23.7 Å². The molecular weight excluding hydrogens is 424 g/mol. The number of hydrogen-bond acceptors (Lipinski definition) is 5. The van der Waals surface area contributed by atoms with Crippen molar-refractivity contribution in [3.8, 4) is 0 Å². The van der Waals surface area contributed by atoms with Gasteiger partial charge in [0.05, 0.1) is 5.69 Å². The Morgan fingerprint density at radius 3 is 2.33 bits per heavy atom. The molecule has 1 heterocycles. The standard InChI is InChI=1S/C25H30N2O6/c1-25(2,3)33-24(31)27-19-13-9-8-12-18(19)15-20(27)23(30)26(16-22(28)29)21(32-4)14-17-10-6-5-7-11-17/h5-13,20-21H,14-16H2,1-4H3,(H,28,29)/t20-,21?/m1/s1. The van der Waals surface area contributed by atoms with Gasteiger partial charge in [-0.3, -0.25) is 14.5 Å². The lowest BCUT2D eigenvalue weighted by Gasteiger charge is -2.35. The van der Waals surface area contributed by atoms with Crippen molar-refractivity contribution in [2.24, 2.45) is 0 Å². The maximum absolute atomic E-state index is 13.8. The van der Waals surface area contributed by atoms with E-state index in [1.165, 1.54) is 16.9 Å². The van der Waals surface area contributed by atoms with Crippen LogP contribution in [0, 0.1) is 0 Å². The number of aliphatic carboxylic acids is 1. The van der Waals surface area contributed by atoms with Gasteiger partial charge >= 0.3 is 12.1 Å². The molecule has 176 valence electrons. The number of rotatable bonds is 7. The number of benzene rings is 2. The maximum Gasteiger partial charge on any atom is 0.415 e. The van der Waals surface area contributed by atoms with E-state index >= 15 is 0 Å². The summed E-state index contributed by atoms with van der Waals surface area (Å²) < 4.78 is 11.1. The van der Waals surface area contributed by atoms with E-state index < -0.39 is 42.4 Å². The fourth-order valence-electron chi connectivity index (χ4n) is 3.92. The van der Waals surface area contributed by atoms with Crippen LogP contribution in [0.4, 0.5) is 10.5 Å². The van der Waals surface area contributed by atoms with Crippen molar-refractivity contribution in [2.45, 2.75) is 51.5 Å². The normalized spacial score (nSPS) is 16.1. The molecule has 2 aromatic rings. The quantitative estimate of drug-likeness (QED) is 0.644. The molecule has 1 aliphatic heterocycles. The molecule has 3 rings (SSSR count). The molecule has 0 spiro atoms. The number of carbonyl (C=O) groups is 3. The van der Waals surface area contributed by atoms with Gasteiger partial charge in [0.25, 0.3) is 0 Å². The van der Waals surface area contributed by atoms with Crippen molar-refractivity contribution in [3.05, 3.63) is 65.7 Å². The van der Waals surface area contributed by atoms with E-state index in [1.807, 2.05) is 42.5 Å². The summed E-state index contributed by atoms with van der Waals surface area (Å²) in [6.07, 6.45) is -0.910. The van der Waals surface area contributed by atoms with Gasteiger partial charge in [0.2, 0.25) is 5.91 Å². The summed E-state index contributed by atoms with van der Waals surface area (Å²) in [6.45, 7) is 4.70. The summed E-state index contributed by atoms with van der Waals surface area (Å²) in [6, 6.07) is 15.6. The average Bonchev–Trinajstić information content (AvgIpc) is 3.15. The number of methoxy groups -OCH3 is 1. The van der Waals surface area contributed by atoms with E-state index in [2.05, 4.69) is 0 Å². The Balaban J connectivity index is 1.94. The fraction of sp³-hybridized carbons (Fsp3) is 0.400. The Bertz CT molecular complexity index is 1000. The molecule has 0 aromatic heterocycles. The lowest BCUT2D eigenvalue weighted by atomic mass is 10.1. The molecule has 2 amide bonds. The third-order valence-electron chi connectivity index (χ3n) is 5.31. The molecule has 2 aromatic carbocycles. The SMILES string of the molecule is COC(Cc1ccccc1)N(CC(=O)O)C(=O)[C@H]1Cc2ccccc2N1C(=O)OC(C)(C)C. The Hall–Kier alpha value is -3.39. The first-order valence-electron chi connectivity index (χ1n) is 10.8. The van der Waals surface area contributed by atoms with Gasteiger partial charge in [-0.15, -0.1) is 0 Å². The molecule has 0 saturated heterocycles. The van der Waals surface area contributed by atoms with Crippen LogP contribution in [0.25, 0.3) is 0 Å². The Labute approximate surface area is 193 Å². The van der Waals surface area contributed by atoms with Crippen LogP contribution in [0.15, 0.2) is 54.6 Å². The predicted molar refractivity (Wildman–Crippen MR) is 123 cm³/mol.